The molecule has 90 valence electrons. The van der Waals surface area contributed by atoms with Gasteiger partial charge in [0.05, 0.1) is 5.92 Å². The maximum atomic E-state index is 6.85. The fourth-order valence-corrected chi connectivity index (χ4v) is 2.92. The molecule has 0 aromatic heterocycles. The van der Waals surface area contributed by atoms with E-state index in [2.05, 4.69) is 28.5 Å². The third-order valence-corrected chi connectivity index (χ3v) is 4.08. The molecule has 2 aliphatic rings. The average Bonchev–Trinajstić information content (AvgIpc) is 2.23. The van der Waals surface area contributed by atoms with E-state index < -0.39 is 0 Å². The topological polar surface area (TPSA) is 10.8 Å². The standard InChI is InChI=1S/C13H23N3/c1-11(2)15-6-4-13(5-7-15)16-9-12(10-16)8-14-3/h11-13H,4-10H2,1-2H3. The number of rotatable bonds is 3. The van der Waals surface area contributed by atoms with Crippen LogP contribution >= 0.6 is 0 Å². The molecule has 0 aliphatic carbocycles. The number of likely N-dealkylation sites (tertiary alicyclic amines) is 2. The van der Waals surface area contributed by atoms with Crippen LogP contribution in [0.4, 0.5) is 0 Å². The van der Waals surface area contributed by atoms with Crippen molar-refractivity contribution in [2.75, 3.05) is 32.7 Å². The monoisotopic (exact) mass is 221 g/mol. The van der Waals surface area contributed by atoms with E-state index in [1.54, 1.807) is 0 Å². The van der Waals surface area contributed by atoms with E-state index in [9.17, 15) is 0 Å². The van der Waals surface area contributed by atoms with Crippen molar-refractivity contribution in [3.05, 3.63) is 11.4 Å². The highest BCUT2D eigenvalue weighted by molar-refractivity contribution is 4.91. The largest absolute Gasteiger partial charge is 0.317 e. The molecule has 0 unspecified atom stereocenters. The van der Waals surface area contributed by atoms with Crippen LogP contribution in [0, 0.1) is 12.5 Å². The summed E-state index contributed by atoms with van der Waals surface area (Å²) in [4.78, 5) is 8.65. The van der Waals surface area contributed by atoms with Crippen LogP contribution in [0.25, 0.3) is 4.85 Å². The van der Waals surface area contributed by atoms with Crippen LogP contribution in [-0.4, -0.2) is 54.6 Å². The van der Waals surface area contributed by atoms with Gasteiger partial charge in [0, 0.05) is 25.2 Å². The molecule has 3 nitrogen and oxygen atoms in total. The van der Waals surface area contributed by atoms with E-state index in [1.165, 1.54) is 39.0 Å². The number of piperidine rings is 1. The molecule has 0 spiro atoms. The Morgan fingerprint density at radius 2 is 1.88 bits per heavy atom. The average molecular weight is 221 g/mol. The molecule has 0 aromatic rings. The fraction of sp³-hybridized carbons (Fsp3) is 0.923. The quantitative estimate of drug-likeness (QED) is 0.672. The molecule has 0 aromatic carbocycles. The Hall–Kier alpha value is -0.590. The van der Waals surface area contributed by atoms with Gasteiger partial charge in [-0.05, 0) is 39.8 Å². The van der Waals surface area contributed by atoms with Gasteiger partial charge in [-0.3, -0.25) is 4.90 Å². The molecule has 2 fully saturated rings. The van der Waals surface area contributed by atoms with Gasteiger partial charge in [-0.15, -0.1) is 0 Å². The predicted molar refractivity (Wildman–Crippen MR) is 66.3 cm³/mol. The SMILES string of the molecule is [C-]#[N+]CC1CN(C2CCN(C(C)C)CC2)C1. The van der Waals surface area contributed by atoms with Gasteiger partial charge in [0.25, 0.3) is 0 Å². The summed E-state index contributed by atoms with van der Waals surface area (Å²) < 4.78 is 0. The molecule has 3 heteroatoms. The highest BCUT2D eigenvalue weighted by Gasteiger charge is 2.35. The second kappa shape index (κ2) is 5.16. The normalized spacial score (nSPS) is 25.6. The molecule has 2 saturated heterocycles. The second-order valence-corrected chi connectivity index (χ2v) is 5.52. The highest BCUT2D eigenvalue weighted by atomic mass is 15.2. The van der Waals surface area contributed by atoms with Gasteiger partial charge >= 0.3 is 0 Å². The summed E-state index contributed by atoms with van der Waals surface area (Å²) in [5, 5.41) is 0. The van der Waals surface area contributed by atoms with Crippen molar-refractivity contribution in [1.29, 1.82) is 0 Å². The Kier molecular flexibility index (Phi) is 3.83. The Morgan fingerprint density at radius 1 is 1.25 bits per heavy atom. The smallest absolute Gasteiger partial charge is 0.219 e. The highest BCUT2D eigenvalue weighted by Crippen LogP contribution is 2.25. The van der Waals surface area contributed by atoms with E-state index in [-0.39, 0.29) is 0 Å². The summed E-state index contributed by atoms with van der Waals surface area (Å²) >= 11 is 0. The molecule has 0 atom stereocenters. The number of nitrogens with zero attached hydrogens (tertiary/aromatic N) is 3. The van der Waals surface area contributed by atoms with Crippen molar-refractivity contribution < 1.29 is 0 Å². The maximum absolute atomic E-state index is 6.85. The van der Waals surface area contributed by atoms with Crippen LogP contribution in [0.3, 0.4) is 0 Å². The van der Waals surface area contributed by atoms with Crippen LogP contribution < -0.4 is 0 Å². The fourth-order valence-electron chi connectivity index (χ4n) is 2.92. The van der Waals surface area contributed by atoms with Crippen molar-refractivity contribution in [2.24, 2.45) is 5.92 Å². The molecule has 2 aliphatic heterocycles. The molecule has 0 amide bonds. The first-order valence-corrected chi connectivity index (χ1v) is 6.52. The molecular weight excluding hydrogens is 198 g/mol. The Labute approximate surface area is 99.2 Å². The lowest BCUT2D eigenvalue weighted by Crippen LogP contribution is -2.56. The Morgan fingerprint density at radius 3 is 2.38 bits per heavy atom. The van der Waals surface area contributed by atoms with E-state index in [1.807, 2.05) is 0 Å². The molecule has 0 saturated carbocycles. The maximum Gasteiger partial charge on any atom is 0.219 e. The third kappa shape index (κ3) is 2.56. The van der Waals surface area contributed by atoms with Crippen molar-refractivity contribution in [3.8, 4) is 0 Å². The van der Waals surface area contributed by atoms with Crippen molar-refractivity contribution in [2.45, 2.75) is 38.8 Å². The zero-order valence-electron chi connectivity index (χ0n) is 10.5. The summed E-state index contributed by atoms with van der Waals surface area (Å²) in [6.07, 6.45) is 2.64. The van der Waals surface area contributed by atoms with Crippen LogP contribution in [0.5, 0.6) is 0 Å². The lowest BCUT2D eigenvalue weighted by atomic mass is 9.93. The van der Waals surface area contributed by atoms with Crippen LogP contribution in [0.15, 0.2) is 0 Å². The third-order valence-electron chi connectivity index (χ3n) is 4.08. The first-order chi connectivity index (χ1) is 7.70. The predicted octanol–water partition coefficient (Wildman–Crippen LogP) is 1.71. The minimum Gasteiger partial charge on any atom is -0.317 e. The van der Waals surface area contributed by atoms with Gasteiger partial charge in [0.2, 0.25) is 6.54 Å². The van der Waals surface area contributed by atoms with Crippen LogP contribution in [0.2, 0.25) is 0 Å². The molecule has 16 heavy (non-hydrogen) atoms. The van der Waals surface area contributed by atoms with Gasteiger partial charge < -0.3 is 9.74 Å². The molecular formula is C13H23N3. The molecule has 2 heterocycles. The van der Waals surface area contributed by atoms with E-state index >= 15 is 0 Å². The minimum atomic E-state index is 0.667. The lowest BCUT2D eigenvalue weighted by molar-refractivity contribution is 0.0199. The molecule has 0 N–H and O–H groups in total. The van der Waals surface area contributed by atoms with Gasteiger partial charge in [0.15, 0.2) is 0 Å². The zero-order valence-corrected chi connectivity index (χ0v) is 10.5. The first kappa shape index (κ1) is 11.9. The summed E-state index contributed by atoms with van der Waals surface area (Å²) in [5.41, 5.74) is 0. The minimum absolute atomic E-state index is 0.667. The van der Waals surface area contributed by atoms with Crippen molar-refractivity contribution in [3.63, 3.8) is 0 Å². The van der Waals surface area contributed by atoms with Gasteiger partial charge in [-0.25, -0.2) is 6.57 Å². The summed E-state index contributed by atoms with van der Waals surface area (Å²) in [6.45, 7) is 17.0. The zero-order chi connectivity index (χ0) is 11.5. The van der Waals surface area contributed by atoms with E-state index in [0.717, 1.165) is 12.6 Å². The number of hydrogen-bond acceptors (Lipinski definition) is 2. The Balaban J connectivity index is 1.69. The first-order valence-electron chi connectivity index (χ1n) is 6.52. The summed E-state index contributed by atoms with van der Waals surface area (Å²) in [5.74, 6) is 0.667. The van der Waals surface area contributed by atoms with Crippen LogP contribution in [-0.2, 0) is 0 Å². The van der Waals surface area contributed by atoms with Gasteiger partial charge in [-0.2, -0.15) is 0 Å². The van der Waals surface area contributed by atoms with Gasteiger partial charge in [0.1, 0.15) is 0 Å². The van der Waals surface area contributed by atoms with Gasteiger partial charge in [-0.1, -0.05) is 0 Å². The molecule has 0 bridgehead atoms. The molecule has 2 rings (SSSR count). The van der Waals surface area contributed by atoms with Crippen molar-refractivity contribution >= 4 is 0 Å². The molecule has 0 radical (unpaired) electrons. The Bertz CT molecular complexity index is 255. The van der Waals surface area contributed by atoms with E-state index in [0.29, 0.717) is 12.0 Å². The van der Waals surface area contributed by atoms with Crippen molar-refractivity contribution in [1.82, 2.24) is 9.80 Å². The van der Waals surface area contributed by atoms with E-state index in [4.69, 9.17) is 6.57 Å². The second-order valence-electron chi connectivity index (χ2n) is 5.52. The summed E-state index contributed by atoms with van der Waals surface area (Å²) in [6, 6.07) is 1.50. The van der Waals surface area contributed by atoms with Crippen LogP contribution in [0.1, 0.15) is 26.7 Å². The number of hydrogen-bond donors (Lipinski definition) is 0. The summed E-state index contributed by atoms with van der Waals surface area (Å²) in [7, 11) is 0. The lowest BCUT2D eigenvalue weighted by Gasteiger charge is -2.46.